The van der Waals surface area contributed by atoms with Crippen LogP contribution in [0, 0.1) is 11.8 Å². The van der Waals surface area contributed by atoms with Crippen LogP contribution in [0.1, 0.15) is 70.2 Å². The van der Waals surface area contributed by atoms with Gasteiger partial charge >= 0.3 is 0 Å². The van der Waals surface area contributed by atoms with Gasteiger partial charge in [0.25, 0.3) is 0 Å². The van der Waals surface area contributed by atoms with Crippen molar-refractivity contribution in [1.82, 2.24) is 20.5 Å². The zero-order chi connectivity index (χ0) is 28.4. The number of benzene rings is 1. The first kappa shape index (κ1) is 31.2. The highest BCUT2D eigenvalue weighted by molar-refractivity contribution is 7.18. The molecule has 0 aliphatic heterocycles. The van der Waals surface area contributed by atoms with E-state index in [0.717, 1.165) is 54.0 Å². The Bertz CT molecular complexity index is 1140. The smallest absolute Gasteiger partial charge is 0.224 e. The molecule has 1 aliphatic rings. The number of hydrogen-bond acceptors (Lipinski definition) is 6. The fraction of sp³-hybridized carbons (Fsp3) is 0.600. The van der Waals surface area contributed by atoms with Gasteiger partial charge in [-0.1, -0.05) is 51.3 Å². The van der Waals surface area contributed by atoms with Crippen molar-refractivity contribution >= 4 is 50.8 Å². The first-order valence-electron chi connectivity index (χ1n) is 14.2. The van der Waals surface area contributed by atoms with Crippen molar-refractivity contribution in [3.63, 3.8) is 0 Å². The Kier molecular flexibility index (Phi) is 12.4. The number of thiazole rings is 1. The van der Waals surface area contributed by atoms with Crippen molar-refractivity contribution in [2.75, 3.05) is 26.7 Å². The number of halogens is 1. The maximum absolute atomic E-state index is 13.7. The summed E-state index contributed by atoms with van der Waals surface area (Å²) >= 11 is 7.64. The third kappa shape index (κ3) is 9.40. The number of rotatable bonds is 15. The number of carbonyl (C=O) groups excluding carboxylic acids is 3. The molecule has 0 unspecified atom stereocenters. The first-order valence-corrected chi connectivity index (χ1v) is 15.4. The average molecular weight is 575 g/mol. The molecule has 2 aromatic rings. The van der Waals surface area contributed by atoms with Crippen LogP contribution in [0.25, 0.3) is 10.2 Å². The van der Waals surface area contributed by atoms with Crippen LogP contribution in [0.15, 0.2) is 30.4 Å². The number of likely N-dealkylation sites (N-methyl/N-ethyl adjacent to an activating group) is 1. The number of Topliss-reactive ketones (excluding diaryl/α,β-unsaturated/α-hetero) is 1. The first-order chi connectivity index (χ1) is 18.7. The summed E-state index contributed by atoms with van der Waals surface area (Å²) in [6.07, 6.45) is 6.95. The quantitative estimate of drug-likeness (QED) is 0.272. The molecule has 0 radical (unpaired) electrons. The Hall–Kier alpha value is -2.29. The largest absolute Gasteiger partial charge is 0.359 e. The van der Waals surface area contributed by atoms with Gasteiger partial charge in [-0.2, -0.15) is 0 Å². The SMILES string of the molecule is C=C(CN(CC)CC)C(=O)CC[C@@H](NC(=O)[C@@H](CC(=O)NC)Cc1nc2ccc(Cl)cc2s1)C1CCCCC1. The molecule has 1 aromatic heterocycles. The summed E-state index contributed by atoms with van der Waals surface area (Å²) in [6, 6.07) is 5.44. The number of ketones is 1. The van der Waals surface area contributed by atoms with Crippen LogP contribution in [0.4, 0.5) is 0 Å². The highest BCUT2D eigenvalue weighted by atomic mass is 35.5. The van der Waals surface area contributed by atoms with Crippen LogP contribution in [-0.2, 0) is 20.8 Å². The van der Waals surface area contributed by atoms with Crippen LogP contribution < -0.4 is 10.6 Å². The zero-order valence-corrected chi connectivity index (χ0v) is 25.1. The standard InChI is InChI=1S/C30H43ClN4O3S/c1-5-35(6-2)19-20(3)26(36)15-14-24(21-10-8-7-9-11-21)34-30(38)22(16-28(37)32-4)17-29-33-25-13-12-23(31)18-27(25)39-29/h12-13,18,21-22,24H,3,5-11,14-17,19H2,1-2,4H3,(H,32,37)(H,34,38)/t22-,24+/m0/s1. The lowest BCUT2D eigenvalue weighted by Gasteiger charge is -2.32. The minimum Gasteiger partial charge on any atom is -0.359 e. The molecular formula is C30H43ClN4O3S. The molecule has 0 bridgehead atoms. The molecule has 7 nitrogen and oxygen atoms in total. The molecule has 1 aromatic carbocycles. The van der Waals surface area contributed by atoms with Gasteiger partial charge in [-0.05, 0) is 56.5 Å². The molecule has 1 aliphatic carbocycles. The van der Waals surface area contributed by atoms with E-state index in [9.17, 15) is 14.4 Å². The molecule has 2 N–H and O–H groups in total. The fourth-order valence-electron chi connectivity index (χ4n) is 5.36. The Morgan fingerprint density at radius 3 is 2.56 bits per heavy atom. The topological polar surface area (TPSA) is 91.4 Å². The molecule has 1 heterocycles. The van der Waals surface area contributed by atoms with E-state index in [1.807, 2.05) is 12.1 Å². The Morgan fingerprint density at radius 2 is 1.90 bits per heavy atom. The van der Waals surface area contributed by atoms with E-state index in [0.29, 0.717) is 42.3 Å². The lowest BCUT2D eigenvalue weighted by Crippen LogP contribution is -2.45. The third-order valence-corrected chi connectivity index (χ3v) is 9.10. The summed E-state index contributed by atoms with van der Waals surface area (Å²) in [7, 11) is 1.58. The Morgan fingerprint density at radius 1 is 1.18 bits per heavy atom. The van der Waals surface area contributed by atoms with Crippen molar-refractivity contribution in [1.29, 1.82) is 0 Å². The number of nitrogens with one attached hydrogen (secondary N) is 2. The van der Waals surface area contributed by atoms with Gasteiger partial charge in [0.1, 0.15) is 0 Å². The van der Waals surface area contributed by atoms with Crippen LogP contribution in [-0.4, -0.2) is 60.2 Å². The summed E-state index contributed by atoms with van der Waals surface area (Å²) in [6.45, 7) is 10.5. The van der Waals surface area contributed by atoms with Gasteiger partial charge in [0.05, 0.1) is 21.1 Å². The molecule has 214 valence electrons. The molecule has 39 heavy (non-hydrogen) atoms. The molecular weight excluding hydrogens is 532 g/mol. The maximum Gasteiger partial charge on any atom is 0.224 e. The van der Waals surface area contributed by atoms with E-state index in [2.05, 4.69) is 40.9 Å². The molecule has 2 amide bonds. The number of aromatic nitrogens is 1. The molecule has 3 rings (SSSR count). The molecule has 1 fully saturated rings. The van der Waals surface area contributed by atoms with Crippen molar-refractivity contribution in [3.8, 4) is 0 Å². The molecule has 2 atom stereocenters. The third-order valence-electron chi connectivity index (χ3n) is 7.83. The van der Waals surface area contributed by atoms with Gasteiger partial charge < -0.3 is 10.6 Å². The minimum atomic E-state index is -0.555. The fourth-order valence-corrected chi connectivity index (χ4v) is 6.68. The van der Waals surface area contributed by atoms with E-state index in [1.54, 1.807) is 13.1 Å². The second kappa shape index (κ2) is 15.5. The number of nitrogens with zero attached hydrogens (tertiary/aromatic N) is 2. The monoisotopic (exact) mass is 574 g/mol. The predicted octanol–water partition coefficient (Wildman–Crippen LogP) is 5.56. The van der Waals surface area contributed by atoms with Gasteiger partial charge in [0.15, 0.2) is 5.78 Å². The van der Waals surface area contributed by atoms with Crippen LogP contribution in [0.3, 0.4) is 0 Å². The molecule has 0 saturated heterocycles. The molecule has 0 spiro atoms. The van der Waals surface area contributed by atoms with Crippen molar-refractivity contribution in [3.05, 3.63) is 40.4 Å². The van der Waals surface area contributed by atoms with Gasteiger partial charge in [-0.3, -0.25) is 19.3 Å². The number of amides is 2. The van der Waals surface area contributed by atoms with Gasteiger partial charge in [-0.15, -0.1) is 11.3 Å². The number of hydrogen-bond donors (Lipinski definition) is 2. The summed E-state index contributed by atoms with van der Waals surface area (Å²) in [5.41, 5.74) is 1.46. The molecule has 9 heteroatoms. The van der Waals surface area contributed by atoms with E-state index in [-0.39, 0.29) is 30.1 Å². The van der Waals surface area contributed by atoms with E-state index < -0.39 is 5.92 Å². The Labute approximate surface area is 241 Å². The second-order valence-electron chi connectivity index (χ2n) is 10.5. The average Bonchev–Trinajstić information content (AvgIpc) is 3.34. The van der Waals surface area contributed by atoms with Crippen LogP contribution in [0.2, 0.25) is 5.02 Å². The highest BCUT2D eigenvalue weighted by Crippen LogP contribution is 2.30. The predicted molar refractivity (Wildman–Crippen MR) is 160 cm³/mol. The highest BCUT2D eigenvalue weighted by Gasteiger charge is 2.30. The van der Waals surface area contributed by atoms with Gasteiger partial charge in [0.2, 0.25) is 11.8 Å². The summed E-state index contributed by atoms with van der Waals surface area (Å²) in [5.74, 6) is -0.499. The van der Waals surface area contributed by atoms with E-state index in [4.69, 9.17) is 11.6 Å². The minimum absolute atomic E-state index is 0.0620. The maximum atomic E-state index is 13.7. The lowest BCUT2D eigenvalue weighted by molar-refractivity contribution is -0.131. The number of fused-ring (bicyclic) bond motifs is 1. The molecule has 1 saturated carbocycles. The lowest BCUT2D eigenvalue weighted by atomic mass is 9.81. The summed E-state index contributed by atoms with van der Waals surface area (Å²) < 4.78 is 0.958. The second-order valence-corrected chi connectivity index (χ2v) is 12.1. The summed E-state index contributed by atoms with van der Waals surface area (Å²) in [4.78, 5) is 45.9. The van der Waals surface area contributed by atoms with Crippen molar-refractivity contribution < 1.29 is 14.4 Å². The van der Waals surface area contributed by atoms with E-state index in [1.165, 1.54) is 17.8 Å². The van der Waals surface area contributed by atoms with Crippen LogP contribution in [0.5, 0.6) is 0 Å². The van der Waals surface area contributed by atoms with E-state index >= 15 is 0 Å². The van der Waals surface area contributed by atoms with Crippen LogP contribution >= 0.6 is 22.9 Å². The Balaban J connectivity index is 1.72. The van der Waals surface area contributed by atoms with Crippen molar-refractivity contribution in [2.45, 2.75) is 77.7 Å². The van der Waals surface area contributed by atoms with Gasteiger partial charge in [-0.25, -0.2) is 4.98 Å². The number of carbonyl (C=O) groups is 3. The van der Waals surface area contributed by atoms with Gasteiger partial charge in [0, 0.05) is 49.5 Å². The summed E-state index contributed by atoms with van der Waals surface area (Å²) in [5, 5.41) is 7.37. The van der Waals surface area contributed by atoms with Crippen molar-refractivity contribution in [2.24, 2.45) is 11.8 Å². The normalized spacial score (nSPS) is 15.7. The zero-order valence-electron chi connectivity index (χ0n) is 23.6.